The predicted molar refractivity (Wildman–Crippen MR) is 127 cm³/mol. The van der Waals surface area contributed by atoms with Gasteiger partial charge < -0.3 is 15.3 Å². The fourth-order valence-corrected chi connectivity index (χ4v) is 4.36. The lowest BCUT2D eigenvalue weighted by Gasteiger charge is -2.35. The van der Waals surface area contributed by atoms with Crippen molar-refractivity contribution in [1.29, 1.82) is 0 Å². The van der Waals surface area contributed by atoms with Crippen LogP contribution in [0.1, 0.15) is 17.7 Å². The number of furan rings is 1. The molecule has 0 spiro atoms. The molecule has 4 rings (SSSR count). The van der Waals surface area contributed by atoms with E-state index >= 15 is 0 Å². The molecule has 0 bridgehead atoms. The number of hydrogen-bond donors (Lipinski definition) is 2. The molecule has 2 aromatic heterocycles. The molecule has 1 saturated heterocycles. The van der Waals surface area contributed by atoms with Gasteiger partial charge in [-0.25, -0.2) is 0 Å². The number of benzene rings is 1. The summed E-state index contributed by atoms with van der Waals surface area (Å²) in [5, 5.41) is 10.6. The highest BCUT2D eigenvalue weighted by molar-refractivity contribution is 5.77. The van der Waals surface area contributed by atoms with Gasteiger partial charge in [-0.3, -0.25) is 19.6 Å². The van der Waals surface area contributed by atoms with Gasteiger partial charge in [0, 0.05) is 44.8 Å². The van der Waals surface area contributed by atoms with E-state index in [1.54, 1.807) is 6.20 Å². The van der Waals surface area contributed by atoms with Crippen LogP contribution in [0.5, 0.6) is 0 Å². The van der Waals surface area contributed by atoms with Gasteiger partial charge in [-0.2, -0.15) is 0 Å². The molecule has 1 amide bonds. The van der Waals surface area contributed by atoms with Crippen LogP contribution in [0, 0.1) is 5.92 Å². The average Bonchev–Trinajstić information content (AvgIpc) is 3.30. The van der Waals surface area contributed by atoms with Crippen molar-refractivity contribution in [3.63, 3.8) is 0 Å². The molecule has 0 saturated carbocycles. The Bertz CT molecular complexity index is 1000. The molecule has 1 aliphatic rings. The number of aliphatic hydroxyl groups is 1. The molecule has 33 heavy (non-hydrogen) atoms. The van der Waals surface area contributed by atoms with E-state index in [0.29, 0.717) is 19.4 Å². The maximum Gasteiger partial charge on any atom is 0.220 e. The smallest absolute Gasteiger partial charge is 0.220 e. The Morgan fingerprint density at radius 2 is 1.73 bits per heavy atom. The standard InChI is InChI=1S/C26H32N4O3/c27-26(32)21(16-20-6-2-1-3-7-20)17-22(31)18-29-12-14-30(15-13-29)19-23-9-10-25(33-23)24-8-4-5-11-28-24/h1-11,21-22,31H,12-19H2,(H2,27,32). The van der Waals surface area contributed by atoms with Crippen molar-refractivity contribution in [1.82, 2.24) is 14.8 Å². The maximum absolute atomic E-state index is 11.9. The Labute approximate surface area is 194 Å². The number of primary amides is 1. The van der Waals surface area contributed by atoms with Crippen molar-refractivity contribution in [2.24, 2.45) is 11.7 Å². The minimum Gasteiger partial charge on any atom is -0.458 e. The second kappa shape index (κ2) is 11.2. The van der Waals surface area contributed by atoms with Gasteiger partial charge in [0.1, 0.15) is 11.5 Å². The monoisotopic (exact) mass is 448 g/mol. The Hall–Kier alpha value is -3.00. The lowest BCUT2D eigenvalue weighted by molar-refractivity contribution is -0.122. The summed E-state index contributed by atoms with van der Waals surface area (Å²) in [4.78, 5) is 20.9. The Balaban J connectivity index is 1.22. The van der Waals surface area contributed by atoms with Gasteiger partial charge >= 0.3 is 0 Å². The number of hydrogen-bond acceptors (Lipinski definition) is 6. The zero-order valence-electron chi connectivity index (χ0n) is 18.8. The minimum atomic E-state index is -0.580. The third-order valence-electron chi connectivity index (χ3n) is 6.18. The largest absolute Gasteiger partial charge is 0.458 e. The number of nitrogens with zero attached hydrogens (tertiary/aromatic N) is 3. The van der Waals surface area contributed by atoms with Crippen LogP contribution in [0.3, 0.4) is 0 Å². The highest BCUT2D eigenvalue weighted by Gasteiger charge is 2.24. The first-order chi connectivity index (χ1) is 16.1. The molecule has 1 aromatic carbocycles. The molecule has 3 heterocycles. The zero-order valence-corrected chi connectivity index (χ0v) is 18.8. The van der Waals surface area contributed by atoms with Crippen LogP contribution in [-0.4, -0.2) is 64.6 Å². The summed E-state index contributed by atoms with van der Waals surface area (Å²) in [6, 6.07) is 19.6. The number of β-amino-alcohol motifs (C(OH)–C–C–N with tert-alkyl or cyclic N) is 1. The number of amides is 1. The number of aromatic nitrogens is 1. The van der Waals surface area contributed by atoms with Crippen LogP contribution >= 0.6 is 0 Å². The third kappa shape index (κ3) is 6.74. The van der Waals surface area contributed by atoms with Crippen molar-refractivity contribution in [3.05, 3.63) is 78.2 Å². The molecule has 0 radical (unpaired) electrons. The van der Waals surface area contributed by atoms with E-state index in [1.807, 2.05) is 60.7 Å². The van der Waals surface area contributed by atoms with Gasteiger partial charge in [0.05, 0.1) is 12.6 Å². The van der Waals surface area contributed by atoms with Gasteiger partial charge in [0.15, 0.2) is 5.76 Å². The summed E-state index contributed by atoms with van der Waals surface area (Å²) in [6.07, 6.45) is 2.12. The van der Waals surface area contributed by atoms with Crippen molar-refractivity contribution >= 4 is 5.91 Å². The first kappa shape index (κ1) is 23.2. The van der Waals surface area contributed by atoms with E-state index < -0.39 is 6.10 Å². The Morgan fingerprint density at radius 1 is 1.00 bits per heavy atom. The van der Waals surface area contributed by atoms with Crippen LogP contribution in [0.4, 0.5) is 0 Å². The van der Waals surface area contributed by atoms with Crippen molar-refractivity contribution in [2.45, 2.75) is 25.5 Å². The number of pyridine rings is 1. The molecule has 1 fully saturated rings. The Morgan fingerprint density at radius 3 is 2.42 bits per heavy atom. The van der Waals surface area contributed by atoms with Gasteiger partial charge in [-0.15, -0.1) is 0 Å². The summed E-state index contributed by atoms with van der Waals surface area (Å²) < 4.78 is 5.98. The number of rotatable bonds is 10. The molecule has 1 aliphatic heterocycles. The average molecular weight is 449 g/mol. The molecule has 0 aliphatic carbocycles. The molecule has 3 aromatic rings. The fourth-order valence-electron chi connectivity index (χ4n) is 4.36. The van der Waals surface area contributed by atoms with Crippen LogP contribution < -0.4 is 5.73 Å². The van der Waals surface area contributed by atoms with E-state index in [2.05, 4.69) is 14.8 Å². The first-order valence-electron chi connectivity index (χ1n) is 11.5. The van der Waals surface area contributed by atoms with E-state index in [4.69, 9.17) is 10.2 Å². The zero-order chi connectivity index (χ0) is 23.0. The SMILES string of the molecule is NC(=O)C(Cc1ccccc1)CC(O)CN1CCN(Cc2ccc(-c3ccccn3)o2)CC1. The van der Waals surface area contributed by atoms with Gasteiger partial charge in [-0.05, 0) is 42.7 Å². The van der Waals surface area contributed by atoms with E-state index in [0.717, 1.165) is 55.5 Å². The predicted octanol–water partition coefficient (Wildman–Crippen LogP) is 2.55. The molecule has 2 atom stereocenters. The maximum atomic E-state index is 11.9. The van der Waals surface area contributed by atoms with E-state index in [-0.39, 0.29) is 11.8 Å². The molecule has 7 nitrogen and oxygen atoms in total. The molecule has 2 unspecified atom stereocenters. The molecular formula is C26H32N4O3. The van der Waals surface area contributed by atoms with E-state index in [9.17, 15) is 9.90 Å². The molecule has 7 heteroatoms. The topological polar surface area (TPSA) is 95.8 Å². The number of piperazine rings is 1. The van der Waals surface area contributed by atoms with Gasteiger partial charge in [0.2, 0.25) is 5.91 Å². The second-order valence-electron chi connectivity index (χ2n) is 8.74. The summed E-state index contributed by atoms with van der Waals surface area (Å²) in [6.45, 7) is 4.84. The van der Waals surface area contributed by atoms with Crippen LogP contribution in [-0.2, 0) is 17.8 Å². The summed E-state index contributed by atoms with van der Waals surface area (Å²) in [5.74, 6) is 0.989. The second-order valence-corrected chi connectivity index (χ2v) is 8.74. The minimum absolute atomic E-state index is 0.355. The van der Waals surface area contributed by atoms with Crippen molar-refractivity contribution in [3.8, 4) is 11.5 Å². The normalized spacial score (nSPS) is 17.0. The highest BCUT2D eigenvalue weighted by atomic mass is 16.3. The quantitative estimate of drug-likeness (QED) is 0.495. The van der Waals surface area contributed by atoms with Crippen molar-refractivity contribution in [2.75, 3.05) is 32.7 Å². The van der Waals surface area contributed by atoms with Crippen molar-refractivity contribution < 1.29 is 14.3 Å². The number of nitrogens with two attached hydrogens (primary N) is 1. The Kier molecular flexibility index (Phi) is 7.88. The number of carbonyl (C=O) groups excluding carboxylic acids is 1. The lowest BCUT2D eigenvalue weighted by atomic mass is 9.93. The molecule has 174 valence electrons. The summed E-state index contributed by atoms with van der Waals surface area (Å²) in [7, 11) is 0. The lowest BCUT2D eigenvalue weighted by Crippen LogP contribution is -2.48. The molecular weight excluding hydrogens is 416 g/mol. The van der Waals surface area contributed by atoms with E-state index in [1.165, 1.54) is 0 Å². The fraction of sp³-hybridized carbons (Fsp3) is 0.385. The first-order valence-corrected chi connectivity index (χ1v) is 11.5. The number of aliphatic hydroxyl groups excluding tert-OH is 1. The van der Waals surface area contributed by atoms with Gasteiger partial charge in [-0.1, -0.05) is 36.4 Å². The summed E-state index contributed by atoms with van der Waals surface area (Å²) in [5.41, 5.74) is 7.51. The van der Waals surface area contributed by atoms with Crippen LogP contribution in [0.2, 0.25) is 0 Å². The highest BCUT2D eigenvalue weighted by Crippen LogP contribution is 2.21. The van der Waals surface area contributed by atoms with Crippen LogP contribution in [0.15, 0.2) is 71.3 Å². The molecule has 3 N–H and O–H groups in total. The summed E-state index contributed by atoms with van der Waals surface area (Å²) >= 11 is 0. The van der Waals surface area contributed by atoms with Gasteiger partial charge in [0.25, 0.3) is 0 Å². The third-order valence-corrected chi connectivity index (χ3v) is 6.18. The van der Waals surface area contributed by atoms with Crippen LogP contribution in [0.25, 0.3) is 11.5 Å². The number of carbonyl (C=O) groups is 1.